The van der Waals surface area contributed by atoms with Crippen molar-refractivity contribution in [3.8, 4) is 11.8 Å². The highest BCUT2D eigenvalue weighted by Crippen LogP contribution is 2.16. The Hall–Kier alpha value is -2.68. The van der Waals surface area contributed by atoms with E-state index in [0.29, 0.717) is 12.3 Å². The number of unbranched alkanes of at least 4 members (excludes halogenated alkanes) is 1. The molecule has 0 spiro atoms. The third kappa shape index (κ3) is 16.1. The molecule has 0 saturated heterocycles. The van der Waals surface area contributed by atoms with Gasteiger partial charge in [-0.05, 0) is 76.9 Å². The van der Waals surface area contributed by atoms with Gasteiger partial charge in [-0.15, -0.1) is 0 Å². The molecule has 220 valence electrons. The van der Waals surface area contributed by atoms with Gasteiger partial charge >= 0.3 is 0 Å². The maximum atomic E-state index is 12.0. The van der Waals surface area contributed by atoms with Crippen LogP contribution in [0.3, 0.4) is 0 Å². The fourth-order valence-corrected chi connectivity index (χ4v) is 3.47. The zero-order valence-electron chi connectivity index (χ0n) is 26.9. The molecule has 5 heteroatoms. The highest BCUT2D eigenvalue weighted by molar-refractivity contribution is 5.99. The van der Waals surface area contributed by atoms with Gasteiger partial charge in [0.05, 0.1) is 6.54 Å². The number of nitrogens with zero attached hydrogens (tertiary/aromatic N) is 1. The van der Waals surface area contributed by atoms with Crippen LogP contribution < -0.4 is 11.1 Å². The Balaban J connectivity index is 0. The molecule has 2 rings (SSSR count). The first-order chi connectivity index (χ1) is 18.5. The average Bonchev–Trinajstić information content (AvgIpc) is 3.30. The van der Waals surface area contributed by atoms with E-state index in [2.05, 4.69) is 55.6 Å². The van der Waals surface area contributed by atoms with Crippen LogP contribution in [0, 0.1) is 42.9 Å². The molecule has 0 radical (unpaired) electrons. The highest BCUT2D eigenvalue weighted by atomic mass is 16.1. The van der Waals surface area contributed by atoms with Gasteiger partial charge in [-0.25, -0.2) is 0 Å². The van der Waals surface area contributed by atoms with Crippen LogP contribution in [0.25, 0.3) is 0 Å². The molecule has 0 aliphatic carbocycles. The van der Waals surface area contributed by atoms with Crippen molar-refractivity contribution >= 4 is 11.5 Å². The minimum Gasteiger partial charge on any atom is -0.351 e. The van der Waals surface area contributed by atoms with Gasteiger partial charge in [0.2, 0.25) is 0 Å². The van der Waals surface area contributed by atoms with Crippen molar-refractivity contribution in [1.82, 2.24) is 9.88 Å². The lowest BCUT2D eigenvalue weighted by molar-refractivity contribution is 0.0938. The normalized spacial score (nSPS) is 10.5. The van der Waals surface area contributed by atoms with Crippen molar-refractivity contribution in [2.24, 2.45) is 17.6 Å². The number of benzene rings is 1. The van der Waals surface area contributed by atoms with Crippen molar-refractivity contribution in [3.63, 3.8) is 0 Å². The van der Waals surface area contributed by atoms with E-state index in [-0.39, 0.29) is 11.7 Å². The quantitative estimate of drug-likeness (QED) is 0.164. The maximum absolute atomic E-state index is 12.0. The molecule has 39 heavy (non-hydrogen) atoms. The van der Waals surface area contributed by atoms with Crippen molar-refractivity contribution in [2.45, 2.75) is 101 Å². The number of nitrogens with two attached hydrogens (primary N) is 1. The average molecular weight is 539 g/mol. The number of hydrogen-bond donors (Lipinski definition) is 3. The molecule has 1 unspecified atom stereocenters. The van der Waals surface area contributed by atoms with E-state index in [1.165, 1.54) is 31.4 Å². The summed E-state index contributed by atoms with van der Waals surface area (Å²) in [4.78, 5) is 12.0. The second-order valence-electron chi connectivity index (χ2n) is 9.96. The second kappa shape index (κ2) is 23.2. The number of carbonyl (C=O) groups is 1. The van der Waals surface area contributed by atoms with Crippen LogP contribution in [0.15, 0.2) is 30.5 Å². The predicted molar refractivity (Wildman–Crippen MR) is 172 cm³/mol. The number of aryl methyl sites for hydroxylation is 2. The summed E-state index contributed by atoms with van der Waals surface area (Å²) in [7, 11) is 1.86. The Morgan fingerprint density at radius 1 is 1.10 bits per heavy atom. The van der Waals surface area contributed by atoms with Crippen LogP contribution >= 0.6 is 0 Å². The van der Waals surface area contributed by atoms with Crippen molar-refractivity contribution in [2.75, 3.05) is 20.1 Å². The van der Waals surface area contributed by atoms with Gasteiger partial charge in [-0.3, -0.25) is 4.79 Å². The summed E-state index contributed by atoms with van der Waals surface area (Å²) in [6.07, 6.45) is 6.96. The molecule has 1 aromatic heterocycles. The third-order valence-corrected chi connectivity index (χ3v) is 6.29. The van der Waals surface area contributed by atoms with E-state index in [1.807, 2.05) is 72.9 Å². The number of nitrogens with one attached hydrogen (secondary N) is 2. The molecule has 0 fully saturated rings. The van der Waals surface area contributed by atoms with Crippen molar-refractivity contribution in [1.29, 1.82) is 5.41 Å². The first-order valence-corrected chi connectivity index (χ1v) is 14.7. The van der Waals surface area contributed by atoms with Crippen LogP contribution in [0.2, 0.25) is 0 Å². The van der Waals surface area contributed by atoms with Crippen LogP contribution in [-0.2, 0) is 6.54 Å². The summed E-state index contributed by atoms with van der Waals surface area (Å²) >= 11 is 0. The van der Waals surface area contributed by atoms with E-state index in [9.17, 15) is 4.79 Å². The van der Waals surface area contributed by atoms with E-state index in [1.54, 1.807) is 0 Å². The standard InChI is InChI=1S/C15H19NO.C13H22N2.C4H11N.C2H6/c1-11(2)15(17)14-10-13(6-5-9-16-4)8-7-12(14)3;1-5-10(2)6-8-15-9-7-13(11(3)14)12(15)4;1-2-3-4-5;1-2/h7-8,10-11,16H,9H2,1-4H3;7,9-10,14H,5-6,8H2,1-4H3;2-5H2,1H3;1-2H3. The van der Waals surface area contributed by atoms with Crippen LogP contribution in [0.1, 0.15) is 114 Å². The largest absolute Gasteiger partial charge is 0.351 e. The summed E-state index contributed by atoms with van der Waals surface area (Å²) in [6.45, 7) is 23.0. The van der Waals surface area contributed by atoms with Gasteiger partial charge in [0.15, 0.2) is 5.78 Å². The maximum Gasteiger partial charge on any atom is 0.165 e. The summed E-state index contributed by atoms with van der Waals surface area (Å²) in [5, 5.41) is 10.6. The Kier molecular flexibility index (Phi) is 22.9. The van der Waals surface area contributed by atoms with Crippen LogP contribution in [0.5, 0.6) is 0 Å². The molecule has 0 bridgehead atoms. The smallest absolute Gasteiger partial charge is 0.165 e. The molecular formula is C34H58N4O. The van der Waals surface area contributed by atoms with Crippen molar-refractivity contribution in [3.05, 3.63) is 58.4 Å². The number of rotatable bonds is 10. The van der Waals surface area contributed by atoms with Gasteiger partial charge in [-0.2, -0.15) is 0 Å². The monoisotopic (exact) mass is 538 g/mol. The molecule has 2 aromatic rings. The fraction of sp³-hybridized carbons (Fsp3) is 0.588. The van der Waals surface area contributed by atoms with Gasteiger partial charge < -0.3 is 21.0 Å². The lowest BCUT2D eigenvalue weighted by atomic mass is 9.95. The molecule has 1 aromatic carbocycles. The number of hydrogen-bond acceptors (Lipinski definition) is 4. The van der Waals surface area contributed by atoms with E-state index >= 15 is 0 Å². The first-order valence-electron chi connectivity index (χ1n) is 14.7. The molecular weight excluding hydrogens is 480 g/mol. The summed E-state index contributed by atoms with van der Waals surface area (Å²) < 4.78 is 2.26. The van der Waals surface area contributed by atoms with Gasteiger partial charge in [-0.1, -0.05) is 79.2 Å². The molecule has 1 atom stereocenters. The van der Waals surface area contributed by atoms with Crippen molar-refractivity contribution < 1.29 is 4.79 Å². The fourth-order valence-electron chi connectivity index (χ4n) is 3.47. The number of Topliss-reactive ketones (excluding diaryl/α,β-unsaturated/α-hetero) is 1. The summed E-state index contributed by atoms with van der Waals surface area (Å²) in [5.41, 5.74) is 10.8. The molecule has 4 N–H and O–H groups in total. The molecule has 0 saturated carbocycles. The lowest BCUT2D eigenvalue weighted by Gasteiger charge is -2.11. The Bertz CT molecular complexity index is 1010. The minimum absolute atomic E-state index is 0.0224. The minimum atomic E-state index is 0.0224. The number of ketones is 1. The molecule has 0 aliphatic heterocycles. The van der Waals surface area contributed by atoms with E-state index in [0.717, 1.165) is 41.3 Å². The second-order valence-corrected chi connectivity index (χ2v) is 9.96. The van der Waals surface area contributed by atoms with Crippen LogP contribution in [0.4, 0.5) is 0 Å². The van der Waals surface area contributed by atoms with Crippen LogP contribution in [-0.4, -0.2) is 36.2 Å². The number of carbonyl (C=O) groups excluding carboxylic acids is 1. The Morgan fingerprint density at radius 3 is 2.18 bits per heavy atom. The molecule has 1 heterocycles. The zero-order chi connectivity index (χ0) is 30.4. The van der Waals surface area contributed by atoms with Gasteiger partial charge in [0.25, 0.3) is 0 Å². The molecule has 5 nitrogen and oxygen atoms in total. The van der Waals surface area contributed by atoms with E-state index in [4.69, 9.17) is 11.1 Å². The van der Waals surface area contributed by atoms with E-state index < -0.39 is 0 Å². The highest BCUT2D eigenvalue weighted by Gasteiger charge is 2.13. The lowest BCUT2D eigenvalue weighted by Crippen LogP contribution is -2.09. The van der Waals surface area contributed by atoms with Gasteiger partial charge in [0, 0.05) is 46.8 Å². The third-order valence-electron chi connectivity index (χ3n) is 6.29. The summed E-state index contributed by atoms with van der Waals surface area (Å²) in [5.74, 6) is 7.03. The zero-order valence-corrected chi connectivity index (χ0v) is 26.9. The predicted octanol–water partition coefficient (Wildman–Crippen LogP) is 7.80. The number of aromatic nitrogens is 1. The topological polar surface area (TPSA) is 83.9 Å². The molecule has 0 aliphatic rings. The van der Waals surface area contributed by atoms with Gasteiger partial charge in [0.1, 0.15) is 0 Å². The summed E-state index contributed by atoms with van der Waals surface area (Å²) in [6, 6.07) is 7.85. The SMILES string of the molecule is CC.CCC(C)CCn1ccc(C(C)=N)c1C.CCCCN.CNCC#Cc1ccc(C)c(C(=O)C(C)C)c1. The molecule has 0 amide bonds. The first kappa shape index (κ1) is 38.5. The Labute approximate surface area is 240 Å². The Morgan fingerprint density at radius 2 is 1.74 bits per heavy atom.